The van der Waals surface area contributed by atoms with Gasteiger partial charge < -0.3 is 10.6 Å². The molecule has 6 nitrogen and oxygen atoms in total. The van der Waals surface area contributed by atoms with Crippen LogP contribution in [0, 0.1) is 5.82 Å². The standard InChI is InChI=1S/C26H35FN4O2/c1-19(2)22-9-7-21(8-10-22)11-12-28-25(32)18-30-13-15-31(16-14-30)20(3)26(33)29-24-6-4-5-23(27)17-24/h4-10,17,19-20H,11-16,18H2,1-3H3,(H,28,32)(H,29,33). The summed E-state index contributed by atoms with van der Waals surface area (Å²) < 4.78 is 13.3. The van der Waals surface area contributed by atoms with Crippen LogP contribution in [-0.4, -0.2) is 66.9 Å². The van der Waals surface area contributed by atoms with Crippen LogP contribution >= 0.6 is 0 Å². The van der Waals surface area contributed by atoms with Crippen LogP contribution in [0.15, 0.2) is 48.5 Å². The van der Waals surface area contributed by atoms with Crippen molar-refractivity contribution >= 4 is 17.5 Å². The van der Waals surface area contributed by atoms with Gasteiger partial charge in [-0.15, -0.1) is 0 Å². The predicted octanol–water partition coefficient (Wildman–Crippen LogP) is 3.25. The molecule has 1 heterocycles. The topological polar surface area (TPSA) is 64.7 Å². The van der Waals surface area contributed by atoms with Gasteiger partial charge in [0, 0.05) is 38.4 Å². The molecule has 2 aromatic carbocycles. The van der Waals surface area contributed by atoms with Gasteiger partial charge in [-0.05, 0) is 48.6 Å². The first kappa shape index (κ1) is 24.9. The second-order valence-electron chi connectivity index (χ2n) is 8.98. The lowest BCUT2D eigenvalue weighted by atomic mass is 10.0. The number of benzene rings is 2. The Morgan fingerprint density at radius 3 is 2.33 bits per heavy atom. The number of anilines is 1. The van der Waals surface area contributed by atoms with Crippen molar-refractivity contribution in [3.8, 4) is 0 Å². The Morgan fingerprint density at radius 1 is 1.00 bits per heavy atom. The fourth-order valence-corrected chi connectivity index (χ4v) is 3.96. The van der Waals surface area contributed by atoms with Crippen molar-refractivity contribution in [3.63, 3.8) is 0 Å². The number of rotatable bonds is 9. The summed E-state index contributed by atoms with van der Waals surface area (Å²) >= 11 is 0. The Labute approximate surface area is 196 Å². The van der Waals surface area contributed by atoms with Gasteiger partial charge >= 0.3 is 0 Å². The number of amides is 2. The van der Waals surface area contributed by atoms with Crippen molar-refractivity contribution in [2.24, 2.45) is 0 Å². The smallest absolute Gasteiger partial charge is 0.241 e. The highest BCUT2D eigenvalue weighted by atomic mass is 19.1. The summed E-state index contributed by atoms with van der Waals surface area (Å²) in [5.74, 6) is 0.00812. The van der Waals surface area contributed by atoms with Gasteiger partial charge in [-0.25, -0.2) is 4.39 Å². The molecule has 2 N–H and O–H groups in total. The second-order valence-corrected chi connectivity index (χ2v) is 8.98. The van der Waals surface area contributed by atoms with Gasteiger partial charge in [-0.3, -0.25) is 19.4 Å². The SMILES string of the molecule is CC(C)c1ccc(CCNC(=O)CN2CCN(C(C)C(=O)Nc3cccc(F)c3)CC2)cc1. The molecule has 0 aromatic heterocycles. The number of carbonyl (C=O) groups excluding carboxylic acids is 2. The molecule has 3 rings (SSSR count). The molecule has 0 radical (unpaired) electrons. The molecular formula is C26H35FN4O2. The Balaban J connectivity index is 1.35. The van der Waals surface area contributed by atoms with E-state index < -0.39 is 0 Å². The average Bonchev–Trinajstić information content (AvgIpc) is 2.79. The van der Waals surface area contributed by atoms with E-state index >= 15 is 0 Å². The van der Waals surface area contributed by atoms with Gasteiger partial charge in [0.25, 0.3) is 0 Å². The van der Waals surface area contributed by atoms with Gasteiger partial charge in [0.05, 0.1) is 12.6 Å². The van der Waals surface area contributed by atoms with E-state index in [1.807, 2.05) is 6.92 Å². The molecule has 0 spiro atoms. The third-order valence-corrected chi connectivity index (χ3v) is 6.18. The first-order chi connectivity index (χ1) is 15.8. The Kier molecular flexibility index (Phi) is 8.97. The summed E-state index contributed by atoms with van der Waals surface area (Å²) in [6.45, 7) is 10.0. The highest BCUT2D eigenvalue weighted by Gasteiger charge is 2.26. The van der Waals surface area contributed by atoms with Crippen molar-refractivity contribution in [1.29, 1.82) is 0 Å². The summed E-state index contributed by atoms with van der Waals surface area (Å²) in [7, 11) is 0. The molecule has 1 unspecified atom stereocenters. The fraction of sp³-hybridized carbons (Fsp3) is 0.462. The highest BCUT2D eigenvalue weighted by molar-refractivity contribution is 5.94. The van der Waals surface area contributed by atoms with Gasteiger partial charge in [0.15, 0.2) is 0 Å². The van der Waals surface area contributed by atoms with Gasteiger partial charge in [0.1, 0.15) is 5.82 Å². The maximum Gasteiger partial charge on any atom is 0.241 e. The van der Waals surface area contributed by atoms with Gasteiger partial charge in [-0.2, -0.15) is 0 Å². The number of halogens is 1. The highest BCUT2D eigenvalue weighted by Crippen LogP contribution is 2.15. The zero-order valence-corrected chi connectivity index (χ0v) is 19.8. The second kappa shape index (κ2) is 11.9. The molecule has 1 atom stereocenters. The fourth-order valence-electron chi connectivity index (χ4n) is 3.96. The lowest BCUT2D eigenvalue weighted by Crippen LogP contribution is -2.54. The molecule has 33 heavy (non-hydrogen) atoms. The molecule has 1 aliphatic heterocycles. The van der Waals surface area contributed by atoms with E-state index in [1.165, 1.54) is 23.3 Å². The maximum absolute atomic E-state index is 13.3. The van der Waals surface area contributed by atoms with Crippen molar-refractivity contribution in [2.45, 2.75) is 39.2 Å². The molecule has 1 fully saturated rings. The average molecular weight is 455 g/mol. The number of nitrogens with zero attached hydrogens (tertiary/aromatic N) is 2. The quantitative estimate of drug-likeness (QED) is 0.611. The number of hydrogen-bond donors (Lipinski definition) is 2. The minimum absolute atomic E-state index is 0.0270. The van der Waals surface area contributed by atoms with E-state index in [2.05, 4.69) is 58.5 Å². The van der Waals surface area contributed by atoms with E-state index in [0.29, 0.717) is 37.8 Å². The third kappa shape index (κ3) is 7.65. The van der Waals surface area contributed by atoms with Crippen molar-refractivity contribution in [1.82, 2.24) is 15.1 Å². The van der Waals surface area contributed by atoms with E-state index in [0.717, 1.165) is 19.5 Å². The van der Waals surface area contributed by atoms with Crippen LogP contribution in [0.4, 0.5) is 10.1 Å². The molecular weight excluding hydrogens is 419 g/mol. The zero-order valence-electron chi connectivity index (χ0n) is 19.8. The van der Waals surface area contributed by atoms with Crippen molar-refractivity contribution in [3.05, 3.63) is 65.5 Å². The summed E-state index contributed by atoms with van der Waals surface area (Å²) in [5.41, 5.74) is 3.00. The number of hydrogen-bond acceptors (Lipinski definition) is 4. The lowest BCUT2D eigenvalue weighted by Gasteiger charge is -2.37. The van der Waals surface area contributed by atoms with Crippen LogP contribution in [0.2, 0.25) is 0 Å². The van der Waals surface area contributed by atoms with Crippen LogP contribution in [0.25, 0.3) is 0 Å². The van der Waals surface area contributed by atoms with Crippen LogP contribution in [0.1, 0.15) is 37.8 Å². The molecule has 1 saturated heterocycles. The number of carbonyl (C=O) groups is 2. The molecule has 7 heteroatoms. The summed E-state index contributed by atoms with van der Waals surface area (Å²) in [6.07, 6.45) is 0.815. The predicted molar refractivity (Wildman–Crippen MR) is 130 cm³/mol. The summed E-state index contributed by atoms with van der Waals surface area (Å²) in [4.78, 5) is 29.1. The Morgan fingerprint density at radius 2 is 1.70 bits per heavy atom. The first-order valence-corrected chi connectivity index (χ1v) is 11.7. The monoisotopic (exact) mass is 454 g/mol. The van der Waals surface area contributed by atoms with E-state index in [1.54, 1.807) is 12.1 Å². The normalized spacial score (nSPS) is 15.9. The first-order valence-electron chi connectivity index (χ1n) is 11.7. The van der Waals surface area contributed by atoms with Gasteiger partial charge in [-0.1, -0.05) is 44.2 Å². The number of nitrogens with one attached hydrogen (secondary N) is 2. The van der Waals surface area contributed by atoms with Gasteiger partial charge in [0.2, 0.25) is 11.8 Å². The molecule has 2 aromatic rings. The van der Waals surface area contributed by atoms with Crippen LogP contribution in [0.3, 0.4) is 0 Å². The van der Waals surface area contributed by atoms with E-state index in [-0.39, 0.29) is 23.7 Å². The zero-order chi connectivity index (χ0) is 23.8. The maximum atomic E-state index is 13.3. The summed E-state index contributed by atoms with van der Waals surface area (Å²) in [5, 5.41) is 5.78. The van der Waals surface area contributed by atoms with E-state index in [9.17, 15) is 14.0 Å². The molecule has 0 aliphatic carbocycles. The summed E-state index contributed by atoms with van der Waals surface area (Å²) in [6, 6.07) is 14.1. The van der Waals surface area contributed by atoms with Crippen molar-refractivity contribution < 1.29 is 14.0 Å². The molecule has 0 saturated carbocycles. The molecule has 0 bridgehead atoms. The van der Waals surface area contributed by atoms with E-state index in [4.69, 9.17) is 0 Å². The Hall–Kier alpha value is -2.77. The van der Waals surface area contributed by atoms with Crippen LogP contribution in [-0.2, 0) is 16.0 Å². The van der Waals surface area contributed by atoms with Crippen LogP contribution in [0.5, 0.6) is 0 Å². The van der Waals surface area contributed by atoms with Crippen molar-refractivity contribution in [2.75, 3.05) is 44.6 Å². The largest absolute Gasteiger partial charge is 0.355 e. The molecule has 1 aliphatic rings. The Bertz CT molecular complexity index is 924. The molecule has 2 amide bonds. The van der Waals surface area contributed by atoms with Crippen LogP contribution < -0.4 is 10.6 Å². The lowest BCUT2D eigenvalue weighted by molar-refractivity contribution is -0.124. The minimum atomic E-state index is -0.378. The minimum Gasteiger partial charge on any atom is -0.355 e. The third-order valence-electron chi connectivity index (χ3n) is 6.18. The number of piperazine rings is 1. The molecule has 178 valence electrons.